The Balaban J connectivity index is 2.47. The summed E-state index contributed by atoms with van der Waals surface area (Å²) in [4.78, 5) is 25.8. The van der Waals surface area contributed by atoms with Crippen LogP contribution in [-0.2, 0) is 5.54 Å². The predicted octanol–water partition coefficient (Wildman–Crippen LogP) is 3.10. The van der Waals surface area contributed by atoms with Crippen LogP contribution < -0.4 is 5.32 Å². The van der Waals surface area contributed by atoms with Crippen LogP contribution in [0, 0.1) is 10.1 Å². The average Bonchev–Trinajstić information content (AvgIpc) is 2.92. The first-order valence-electron chi connectivity index (χ1n) is 6.02. The van der Waals surface area contributed by atoms with Crippen molar-refractivity contribution >= 4 is 28.7 Å². The summed E-state index contributed by atoms with van der Waals surface area (Å²) in [5, 5.41) is 25.9. The van der Waals surface area contributed by atoms with Gasteiger partial charge in [0, 0.05) is 11.6 Å². The molecule has 110 valence electrons. The average molecular weight is 307 g/mol. The summed E-state index contributed by atoms with van der Waals surface area (Å²) in [7, 11) is 0. The standard InChI is InChI=1S/C13H13N3O4S/c1-13(2,12-14-6-7-21-12)15-9-5-3-4-8(11(17)18)10(9)16(19)20/h3-7,15H,1-2H3,(H,17,18). The number of nitro groups is 1. The molecule has 1 heterocycles. The van der Waals surface area contributed by atoms with Gasteiger partial charge in [-0.3, -0.25) is 10.1 Å². The first-order valence-corrected chi connectivity index (χ1v) is 6.90. The summed E-state index contributed by atoms with van der Waals surface area (Å²) in [6.45, 7) is 3.64. The normalized spacial score (nSPS) is 11.1. The molecule has 0 unspecified atom stereocenters. The van der Waals surface area contributed by atoms with Gasteiger partial charge in [-0.2, -0.15) is 0 Å². The van der Waals surface area contributed by atoms with Crippen molar-refractivity contribution in [2.45, 2.75) is 19.4 Å². The van der Waals surface area contributed by atoms with Crippen LogP contribution in [-0.4, -0.2) is 21.0 Å². The van der Waals surface area contributed by atoms with Gasteiger partial charge < -0.3 is 10.4 Å². The monoisotopic (exact) mass is 307 g/mol. The van der Waals surface area contributed by atoms with E-state index in [4.69, 9.17) is 5.11 Å². The molecule has 0 aliphatic carbocycles. The lowest BCUT2D eigenvalue weighted by atomic mass is 10.0. The third-order valence-electron chi connectivity index (χ3n) is 2.86. The first kappa shape index (κ1) is 14.9. The van der Waals surface area contributed by atoms with Gasteiger partial charge in [-0.25, -0.2) is 9.78 Å². The van der Waals surface area contributed by atoms with E-state index in [-0.39, 0.29) is 11.3 Å². The lowest BCUT2D eigenvalue weighted by Gasteiger charge is -2.25. The van der Waals surface area contributed by atoms with E-state index < -0.39 is 22.1 Å². The highest BCUT2D eigenvalue weighted by molar-refractivity contribution is 7.09. The van der Waals surface area contributed by atoms with Crippen molar-refractivity contribution in [3.63, 3.8) is 0 Å². The topological polar surface area (TPSA) is 105 Å². The van der Waals surface area contributed by atoms with E-state index in [2.05, 4.69) is 10.3 Å². The molecular weight excluding hydrogens is 294 g/mol. The van der Waals surface area contributed by atoms with Gasteiger partial charge in [0.15, 0.2) is 0 Å². The zero-order valence-corrected chi connectivity index (χ0v) is 12.2. The molecule has 1 aromatic carbocycles. The number of carboxylic acid groups (broad SMARTS) is 1. The molecule has 7 nitrogen and oxygen atoms in total. The number of anilines is 1. The van der Waals surface area contributed by atoms with Gasteiger partial charge in [0.05, 0.1) is 10.5 Å². The van der Waals surface area contributed by atoms with E-state index in [1.807, 2.05) is 13.8 Å². The highest BCUT2D eigenvalue weighted by Crippen LogP contribution is 2.34. The van der Waals surface area contributed by atoms with Crippen molar-refractivity contribution in [2.24, 2.45) is 0 Å². The number of carboxylic acids is 1. The van der Waals surface area contributed by atoms with Gasteiger partial charge in [-0.05, 0) is 26.0 Å². The minimum Gasteiger partial charge on any atom is -0.477 e. The molecule has 0 fully saturated rings. The molecule has 2 aromatic rings. The number of thiazole rings is 1. The number of aromatic nitrogens is 1. The molecule has 0 saturated heterocycles. The summed E-state index contributed by atoms with van der Waals surface area (Å²) in [5.41, 5.74) is -1.30. The molecular formula is C13H13N3O4S. The minimum absolute atomic E-state index is 0.153. The highest BCUT2D eigenvalue weighted by atomic mass is 32.1. The Morgan fingerprint density at radius 3 is 2.71 bits per heavy atom. The fourth-order valence-corrected chi connectivity index (χ4v) is 2.65. The third-order valence-corrected chi connectivity index (χ3v) is 3.96. The van der Waals surface area contributed by atoms with E-state index in [1.165, 1.54) is 29.5 Å². The Bertz CT molecular complexity index is 683. The molecule has 0 atom stereocenters. The Morgan fingerprint density at radius 2 is 2.19 bits per heavy atom. The van der Waals surface area contributed by atoms with Crippen LogP contribution in [0.1, 0.15) is 29.2 Å². The van der Waals surface area contributed by atoms with E-state index in [0.717, 1.165) is 5.01 Å². The van der Waals surface area contributed by atoms with Crippen LogP contribution >= 0.6 is 11.3 Å². The summed E-state index contributed by atoms with van der Waals surface area (Å²) < 4.78 is 0. The third kappa shape index (κ3) is 3.00. The van der Waals surface area contributed by atoms with Gasteiger partial charge in [-0.15, -0.1) is 11.3 Å². The molecule has 21 heavy (non-hydrogen) atoms. The zero-order chi connectivity index (χ0) is 15.6. The predicted molar refractivity (Wildman–Crippen MR) is 78.8 cm³/mol. The molecule has 2 N–H and O–H groups in total. The van der Waals surface area contributed by atoms with Gasteiger partial charge in [-0.1, -0.05) is 6.07 Å². The summed E-state index contributed by atoms with van der Waals surface area (Å²) in [5.74, 6) is -1.34. The number of nitrogens with zero attached hydrogens (tertiary/aromatic N) is 2. The number of carbonyl (C=O) groups is 1. The van der Waals surface area contributed by atoms with Crippen LogP contribution in [0.5, 0.6) is 0 Å². The summed E-state index contributed by atoms with van der Waals surface area (Å²) >= 11 is 1.41. The van der Waals surface area contributed by atoms with Crippen molar-refractivity contribution in [3.8, 4) is 0 Å². The summed E-state index contributed by atoms with van der Waals surface area (Å²) in [6.07, 6.45) is 1.64. The largest absolute Gasteiger partial charge is 0.477 e. The fraction of sp³-hybridized carbons (Fsp3) is 0.231. The molecule has 0 amide bonds. The van der Waals surface area contributed by atoms with E-state index in [1.54, 1.807) is 11.6 Å². The zero-order valence-electron chi connectivity index (χ0n) is 11.4. The smallest absolute Gasteiger partial charge is 0.342 e. The summed E-state index contributed by atoms with van der Waals surface area (Å²) in [6, 6.07) is 4.17. The second-order valence-electron chi connectivity index (χ2n) is 4.85. The maximum atomic E-state index is 11.2. The molecule has 0 saturated carbocycles. The van der Waals surface area contributed by atoms with Gasteiger partial charge in [0.2, 0.25) is 0 Å². The second kappa shape index (κ2) is 5.49. The second-order valence-corrected chi connectivity index (χ2v) is 5.75. The Hall–Kier alpha value is -2.48. The van der Waals surface area contributed by atoms with Crippen molar-refractivity contribution < 1.29 is 14.8 Å². The number of nitro benzene ring substituents is 1. The Morgan fingerprint density at radius 1 is 1.48 bits per heavy atom. The van der Waals surface area contributed by atoms with Crippen molar-refractivity contribution in [3.05, 3.63) is 50.5 Å². The van der Waals surface area contributed by atoms with Crippen molar-refractivity contribution in [1.82, 2.24) is 4.98 Å². The Kier molecular flexibility index (Phi) is 3.90. The van der Waals surface area contributed by atoms with Crippen LogP contribution in [0.4, 0.5) is 11.4 Å². The lowest BCUT2D eigenvalue weighted by Crippen LogP contribution is -2.28. The van der Waals surface area contributed by atoms with E-state index >= 15 is 0 Å². The number of hydrogen-bond acceptors (Lipinski definition) is 6. The van der Waals surface area contributed by atoms with Crippen molar-refractivity contribution in [1.29, 1.82) is 0 Å². The van der Waals surface area contributed by atoms with Crippen LogP contribution in [0.2, 0.25) is 0 Å². The minimum atomic E-state index is -1.34. The molecule has 0 aliphatic rings. The molecule has 0 radical (unpaired) electrons. The highest BCUT2D eigenvalue weighted by Gasteiger charge is 2.30. The van der Waals surface area contributed by atoms with E-state index in [0.29, 0.717) is 0 Å². The molecule has 0 bridgehead atoms. The van der Waals surface area contributed by atoms with E-state index in [9.17, 15) is 14.9 Å². The fourth-order valence-electron chi connectivity index (χ4n) is 1.94. The number of rotatable bonds is 5. The van der Waals surface area contributed by atoms with Crippen LogP contribution in [0.25, 0.3) is 0 Å². The number of benzene rings is 1. The van der Waals surface area contributed by atoms with Crippen LogP contribution in [0.3, 0.4) is 0 Å². The number of hydrogen-bond donors (Lipinski definition) is 2. The number of nitrogens with one attached hydrogen (secondary N) is 1. The van der Waals surface area contributed by atoms with Gasteiger partial charge in [0.25, 0.3) is 0 Å². The molecule has 0 aliphatic heterocycles. The molecule has 1 aromatic heterocycles. The van der Waals surface area contributed by atoms with Gasteiger partial charge in [0.1, 0.15) is 16.3 Å². The molecule has 8 heteroatoms. The van der Waals surface area contributed by atoms with Gasteiger partial charge >= 0.3 is 11.7 Å². The SMILES string of the molecule is CC(C)(Nc1cccc(C(=O)O)c1[N+](=O)[O-])c1nccs1. The maximum absolute atomic E-state index is 11.2. The molecule has 2 rings (SSSR count). The van der Waals surface area contributed by atoms with Crippen molar-refractivity contribution in [2.75, 3.05) is 5.32 Å². The maximum Gasteiger partial charge on any atom is 0.342 e. The first-order chi connectivity index (χ1) is 9.83. The quantitative estimate of drug-likeness (QED) is 0.649. The number of para-hydroxylation sites is 1. The Labute approximate surface area is 124 Å². The molecule has 0 spiro atoms. The van der Waals surface area contributed by atoms with Crippen LogP contribution in [0.15, 0.2) is 29.8 Å². The number of aromatic carboxylic acids is 1. The lowest BCUT2D eigenvalue weighted by molar-refractivity contribution is -0.384.